The van der Waals surface area contributed by atoms with E-state index in [0.29, 0.717) is 42.9 Å². The standard InChI is InChI=1S/C23H27ClN4O6/c1-4-15-20(24)27-21(25-15)22(30)26-16-9-10-28(12-18(16)34-3)19(29)8-7-13-5-6-14(23(31)32)11-17(13)33-2/h5-8,11,16,18H,4,9-10,12H2,1-3H3,(H,25,27)(H,26,30)(H,31,32). The SMILES string of the molecule is CCc1[nH]c(C(=O)NC2CCN(C(=O)C=Cc3ccc(C(=O)O)cc3OC)CC2OC)nc1Cl. The second-order valence-corrected chi connectivity index (χ2v) is 8.09. The molecule has 1 aliphatic heterocycles. The van der Waals surface area contributed by atoms with Gasteiger partial charge in [-0.3, -0.25) is 9.59 Å². The lowest BCUT2D eigenvalue weighted by Gasteiger charge is -2.37. The first-order valence-corrected chi connectivity index (χ1v) is 11.1. The van der Waals surface area contributed by atoms with Crippen molar-refractivity contribution in [3.63, 3.8) is 0 Å². The maximum atomic E-state index is 12.8. The molecule has 2 aromatic rings. The molecule has 0 radical (unpaired) electrons. The van der Waals surface area contributed by atoms with Crippen LogP contribution in [0, 0.1) is 0 Å². The number of amides is 2. The Hall–Kier alpha value is -3.37. The van der Waals surface area contributed by atoms with Gasteiger partial charge in [-0.1, -0.05) is 24.6 Å². The maximum Gasteiger partial charge on any atom is 0.335 e. The highest BCUT2D eigenvalue weighted by molar-refractivity contribution is 6.30. The zero-order chi connectivity index (χ0) is 24.8. The first kappa shape index (κ1) is 25.3. The van der Waals surface area contributed by atoms with Crippen LogP contribution in [0.15, 0.2) is 24.3 Å². The second kappa shape index (κ2) is 11.2. The fourth-order valence-corrected chi connectivity index (χ4v) is 4.00. The number of imidazole rings is 1. The number of methoxy groups -OCH3 is 2. The lowest BCUT2D eigenvalue weighted by molar-refractivity contribution is -0.130. The molecule has 1 aromatic carbocycles. The summed E-state index contributed by atoms with van der Waals surface area (Å²) in [5.74, 6) is -1.19. The molecule has 0 aliphatic carbocycles. The zero-order valence-electron chi connectivity index (χ0n) is 19.1. The van der Waals surface area contributed by atoms with Gasteiger partial charge < -0.3 is 29.8 Å². The van der Waals surface area contributed by atoms with Crippen LogP contribution in [0.5, 0.6) is 5.75 Å². The smallest absolute Gasteiger partial charge is 0.335 e. The molecule has 1 aromatic heterocycles. The van der Waals surface area contributed by atoms with Crippen molar-refractivity contribution in [3.05, 3.63) is 52.1 Å². The van der Waals surface area contributed by atoms with Crippen molar-refractivity contribution in [1.29, 1.82) is 0 Å². The number of benzene rings is 1. The highest BCUT2D eigenvalue weighted by atomic mass is 35.5. The lowest BCUT2D eigenvalue weighted by Crippen LogP contribution is -2.55. The minimum absolute atomic E-state index is 0.0927. The number of hydrogen-bond acceptors (Lipinski definition) is 6. The third-order valence-electron chi connectivity index (χ3n) is 5.67. The Morgan fingerprint density at radius 3 is 2.74 bits per heavy atom. The molecule has 1 fully saturated rings. The molecule has 11 heteroatoms. The van der Waals surface area contributed by atoms with E-state index in [1.807, 2.05) is 6.92 Å². The Balaban J connectivity index is 1.63. The van der Waals surface area contributed by atoms with Crippen LogP contribution in [-0.4, -0.2) is 77.2 Å². The van der Waals surface area contributed by atoms with Crippen molar-refractivity contribution in [2.75, 3.05) is 27.3 Å². The topological polar surface area (TPSA) is 134 Å². The van der Waals surface area contributed by atoms with Gasteiger partial charge in [-0.2, -0.15) is 0 Å². The summed E-state index contributed by atoms with van der Waals surface area (Å²) in [5, 5.41) is 12.3. The van der Waals surface area contributed by atoms with Gasteiger partial charge in [0, 0.05) is 31.8 Å². The van der Waals surface area contributed by atoms with Crippen LogP contribution in [0.2, 0.25) is 5.15 Å². The number of hydrogen-bond donors (Lipinski definition) is 3. The average molecular weight is 491 g/mol. The van der Waals surface area contributed by atoms with Crippen molar-refractivity contribution in [1.82, 2.24) is 20.2 Å². The van der Waals surface area contributed by atoms with Crippen LogP contribution in [0.25, 0.3) is 6.08 Å². The van der Waals surface area contributed by atoms with Gasteiger partial charge in [0.1, 0.15) is 5.75 Å². The zero-order valence-corrected chi connectivity index (χ0v) is 19.9. The number of ether oxygens (including phenoxy) is 2. The number of aromatic nitrogens is 2. The molecule has 0 spiro atoms. The molecule has 2 unspecified atom stereocenters. The van der Waals surface area contributed by atoms with E-state index in [1.165, 1.54) is 32.4 Å². The van der Waals surface area contributed by atoms with Gasteiger partial charge in [0.05, 0.1) is 30.5 Å². The third-order valence-corrected chi connectivity index (χ3v) is 5.99. The van der Waals surface area contributed by atoms with Crippen LogP contribution in [0.1, 0.15) is 45.6 Å². The number of nitrogens with zero attached hydrogens (tertiary/aromatic N) is 2. The Morgan fingerprint density at radius 2 is 2.12 bits per heavy atom. The number of H-pyrrole nitrogens is 1. The normalized spacial score (nSPS) is 18.2. The number of likely N-dealkylation sites (tertiary alicyclic amines) is 1. The van der Waals surface area contributed by atoms with Crippen LogP contribution in [0.3, 0.4) is 0 Å². The van der Waals surface area contributed by atoms with Gasteiger partial charge in [0.2, 0.25) is 5.91 Å². The van der Waals surface area contributed by atoms with Crippen LogP contribution in [0.4, 0.5) is 0 Å². The molecule has 182 valence electrons. The van der Waals surface area contributed by atoms with E-state index in [-0.39, 0.29) is 34.4 Å². The number of rotatable bonds is 8. The van der Waals surface area contributed by atoms with Crippen LogP contribution >= 0.6 is 11.6 Å². The van der Waals surface area contributed by atoms with E-state index in [0.717, 1.165) is 0 Å². The molecule has 1 saturated heterocycles. The Labute approximate surface area is 201 Å². The first-order chi connectivity index (χ1) is 16.3. The molecule has 0 saturated carbocycles. The van der Waals surface area contributed by atoms with Gasteiger partial charge in [0.15, 0.2) is 11.0 Å². The third kappa shape index (κ3) is 5.75. The van der Waals surface area contributed by atoms with E-state index in [2.05, 4.69) is 15.3 Å². The summed E-state index contributed by atoms with van der Waals surface area (Å²) in [6.07, 6.45) is 3.70. The predicted molar refractivity (Wildman–Crippen MR) is 125 cm³/mol. The fraction of sp³-hybridized carbons (Fsp3) is 0.391. The number of halogens is 1. The molecule has 0 bridgehead atoms. The number of nitrogens with one attached hydrogen (secondary N) is 2. The van der Waals surface area contributed by atoms with Crippen molar-refractivity contribution < 1.29 is 29.0 Å². The number of aryl methyl sites for hydroxylation is 1. The minimum Gasteiger partial charge on any atom is -0.496 e. The van der Waals surface area contributed by atoms with Gasteiger partial charge in [-0.15, -0.1) is 0 Å². The summed E-state index contributed by atoms with van der Waals surface area (Å²) in [4.78, 5) is 45.1. The highest BCUT2D eigenvalue weighted by Gasteiger charge is 2.32. The molecule has 2 atom stereocenters. The van der Waals surface area contributed by atoms with Gasteiger partial charge in [0.25, 0.3) is 5.91 Å². The Kier molecular flexibility index (Phi) is 8.30. The molecule has 3 rings (SSSR count). The molecule has 10 nitrogen and oxygen atoms in total. The number of aromatic amines is 1. The summed E-state index contributed by atoms with van der Waals surface area (Å²) < 4.78 is 10.8. The van der Waals surface area contributed by atoms with Crippen molar-refractivity contribution in [2.45, 2.75) is 31.9 Å². The van der Waals surface area contributed by atoms with Crippen molar-refractivity contribution >= 4 is 35.5 Å². The minimum atomic E-state index is -1.06. The van der Waals surface area contributed by atoms with Gasteiger partial charge in [-0.05, 0) is 31.1 Å². The average Bonchev–Trinajstić information content (AvgIpc) is 3.23. The fourth-order valence-electron chi connectivity index (χ4n) is 3.74. The number of carbonyl (C=O) groups excluding carboxylic acids is 2. The van der Waals surface area contributed by atoms with Gasteiger partial charge >= 0.3 is 5.97 Å². The summed E-state index contributed by atoms with van der Waals surface area (Å²) in [7, 11) is 2.96. The Morgan fingerprint density at radius 1 is 1.35 bits per heavy atom. The summed E-state index contributed by atoms with van der Waals surface area (Å²) in [6.45, 7) is 2.62. The van der Waals surface area contributed by atoms with E-state index in [9.17, 15) is 14.4 Å². The largest absolute Gasteiger partial charge is 0.496 e. The summed E-state index contributed by atoms with van der Waals surface area (Å²) in [6, 6.07) is 4.12. The molecular formula is C23H27ClN4O6. The molecular weight excluding hydrogens is 464 g/mol. The quantitative estimate of drug-likeness (QED) is 0.484. The van der Waals surface area contributed by atoms with E-state index in [4.69, 9.17) is 26.2 Å². The van der Waals surface area contributed by atoms with Crippen molar-refractivity contribution in [3.8, 4) is 5.75 Å². The molecule has 1 aliphatic rings. The number of carboxylic acids is 1. The highest BCUT2D eigenvalue weighted by Crippen LogP contribution is 2.22. The number of carbonyl (C=O) groups is 3. The van der Waals surface area contributed by atoms with Crippen molar-refractivity contribution in [2.24, 2.45) is 0 Å². The number of carboxylic acid groups (broad SMARTS) is 1. The monoisotopic (exact) mass is 490 g/mol. The molecule has 2 heterocycles. The first-order valence-electron chi connectivity index (χ1n) is 10.7. The predicted octanol–water partition coefficient (Wildman–Crippen LogP) is 2.39. The summed E-state index contributed by atoms with van der Waals surface area (Å²) in [5.41, 5.74) is 1.36. The molecule has 34 heavy (non-hydrogen) atoms. The number of aromatic carboxylic acids is 1. The lowest BCUT2D eigenvalue weighted by atomic mass is 10.0. The molecule has 3 N–H and O–H groups in total. The van der Waals surface area contributed by atoms with Crippen LogP contribution < -0.4 is 10.1 Å². The Bertz CT molecular complexity index is 1100. The van der Waals surface area contributed by atoms with Crippen LogP contribution in [-0.2, 0) is 16.0 Å². The van der Waals surface area contributed by atoms with E-state index >= 15 is 0 Å². The van der Waals surface area contributed by atoms with Gasteiger partial charge in [-0.25, -0.2) is 9.78 Å². The summed E-state index contributed by atoms with van der Waals surface area (Å²) >= 11 is 6.02. The van der Waals surface area contributed by atoms with E-state index in [1.54, 1.807) is 17.0 Å². The van der Waals surface area contributed by atoms with E-state index < -0.39 is 12.1 Å². The molecule has 2 amide bonds. The second-order valence-electron chi connectivity index (χ2n) is 7.73. The maximum absolute atomic E-state index is 12.8. The number of piperidine rings is 1.